The Morgan fingerprint density at radius 1 is 1.15 bits per heavy atom. The summed E-state index contributed by atoms with van der Waals surface area (Å²) in [4.78, 5) is 29.5. The zero-order valence-corrected chi connectivity index (χ0v) is 15.0. The van der Waals surface area contributed by atoms with Crippen molar-refractivity contribution in [3.63, 3.8) is 0 Å². The lowest BCUT2D eigenvalue weighted by Gasteiger charge is -2.17. The van der Waals surface area contributed by atoms with Crippen LogP contribution in [0.2, 0.25) is 0 Å². The summed E-state index contributed by atoms with van der Waals surface area (Å²) in [5.41, 5.74) is 8.68. The predicted octanol–water partition coefficient (Wildman–Crippen LogP) is 3.02. The van der Waals surface area contributed by atoms with E-state index >= 15 is 0 Å². The molecule has 2 N–H and O–H groups in total. The SMILES string of the molecule is C=C(C)C(=O)NNc1nc2ccccc2c(=O)n1-c1ccc(C)cc1C. The van der Waals surface area contributed by atoms with Gasteiger partial charge in [-0.15, -0.1) is 0 Å². The van der Waals surface area contributed by atoms with E-state index in [0.717, 1.165) is 11.1 Å². The number of anilines is 1. The molecule has 132 valence electrons. The third-order valence-corrected chi connectivity index (χ3v) is 4.04. The van der Waals surface area contributed by atoms with Crippen molar-refractivity contribution in [2.45, 2.75) is 20.8 Å². The first-order valence-corrected chi connectivity index (χ1v) is 8.20. The normalized spacial score (nSPS) is 10.6. The number of aromatic nitrogens is 2. The number of hydrogen-bond donors (Lipinski definition) is 2. The summed E-state index contributed by atoms with van der Waals surface area (Å²) < 4.78 is 1.47. The van der Waals surface area contributed by atoms with Crippen LogP contribution in [0.25, 0.3) is 16.6 Å². The molecular weight excluding hydrogens is 328 g/mol. The van der Waals surface area contributed by atoms with Crippen LogP contribution in [-0.2, 0) is 4.79 Å². The number of benzene rings is 2. The summed E-state index contributed by atoms with van der Waals surface area (Å²) >= 11 is 0. The zero-order valence-electron chi connectivity index (χ0n) is 15.0. The van der Waals surface area contributed by atoms with Crippen molar-refractivity contribution in [2.24, 2.45) is 0 Å². The van der Waals surface area contributed by atoms with Gasteiger partial charge in [0.25, 0.3) is 11.5 Å². The van der Waals surface area contributed by atoms with Crippen molar-refractivity contribution in [1.82, 2.24) is 15.0 Å². The van der Waals surface area contributed by atoms with Gasteiger partial charge in [-0.1, -0.05) is 36.4 Å². The second-order valence-electron chi connectivity index (χ2n) is 6.24. The Labute approximate surface area is 151 Å². The minimum Gasteiger partial charge on any atom is -0.268 e. The highest BCUT2D eigenvalue weighted by Crippen LogP contribution is 2.19. The summed E-state index contributed by atoms with van der Waals surface area (Å²) in [5, 5.41) is 0.504. The van der Waals surface area contributed by atoms with E-state index < -0.39 is 0 Å². The molecule has 1 heterocycles. The van der Waals surface area contributed by atoms with Crippen LogP contribution in [0.3, 0.4) is 0 Å². The maximum absolute atomic E-state index is 13.1. The molecule has 0 saturated carbocycles. The molecule has 1 amide bonds. The highest BCUT2D eigenvalue weighted by Gasteiger charge is 2.15. The number of para-hydroxylation sites is 1. The van der Waals surface area contributed by atoms with Crippen LogP contribution in [0.15, 0.2) is 59.4 Å². The van der Waals surface area contributed by atoms with E-state index in [1.54, 1.807) is 25.1 Å². The first kappa shape index (κ1) is 17.4. The lowest BCUT2D eigenvalue weighted by atomic mass is 10.1. The fourth-order valence-corrected chi connectivity index (χ4v) is 2.72. The molecular formula is C20H20N4O2. The zero-order chi connectivity index (χ0) is 18.8. The second-order valence-corrected chi connectivity index (χ2v) is 6.24. The number of aryl methyl sites for hydroxylation is 2. The molecule has 0 atom stereocenters. The van der Waals surface area contributed by atoms with E-state index in [1.165, 1.54) is 4.57 Å². The number of nitrogens with one attached hydrogen (secondary N) is 2. The standard InChI is InChI=1S/C20H20N4O2/c1-12(2)18(25)22-23-20-21-16-8-6-5-7-15(16)19(26)24(20)17-10-9-13(3)11-14(17)4/h5-11H,1H2,2-4H3,(H,21,23)(H,22,25). The summed E-state index contributed by atoms with van der Waals surface area (Å²) in [5.74, 6) is -0.144. The van der Waals surface area contributed by atoms with Crippen molar-refractivity contribution in [3.8, 4) is 5.69 Å². The fraction of sp³-hybridized carbons (Fsp3) is 0.150. The Morgan fingerprint density at radius 3 is 2.58 bits per heavy atom. The largest absolute Gasteiger partial charge is 0.268 e. The molecule has 0 aliphatic carbocycles. The highest BCUT2D eigenvalue weighted by atomic mass is 16.2. The molecule has 0 spiro atoms. The molecule has 6 nitrogen and oxygen atoms in total. The topological polar surface area (TPSA) is 76.0 Å². The number of carbonyl (C=O) groups excluding carboxylic acids is 1. The highest BCUT2D eigenvalue weighted by molar-refractivity contribution is 5.92. The van der Waals surface area contributed by atoms with E-state index in [2.05, 4.69) is 22.4 Å². The molecule has 0 unspecified atom stereocenters. The Morgan fingerprint density at radius 2 is 1.88 bits per heavy atom. The molecule has 0 aliphatic rings. The molecule has 6 heteroatoms. The van der Waals surface area contributed by atoms with Gasteiger partial charge in [-0.2, -0.15) is 0 Å². The third-order valence-electron chi connectivity index (χ3n) is 4.04. The monoisotopic (exact) mass is 348 g/mol. The van der Waals surface area contributed by atoms with Crippen LogP contribution >= 0.6 is 0 Å². The summed E-state index contributed by atoms with van der Waals surface area (Å²) in [6.45, 7) is 9.12. The quantitative estimate of drug-likeness (QED) is 0.561. The average molecular weight is 348 g/mol. The summed E-state index contributed by atoms with van der Waals surface area (Å²) in [6.07, 6.45) is 0. The van der Waals surface area contributed by atoms with E-state index in [4.69, 9.17) is 0 Å². The number of nitrogens with zero attached hydrogens (tertiary/aromatic N) is 2. The number of hydrogen-bond acceptors (Lipinski definition) is 4. The van der Waals surface area contributed by atoms with Crippen LogP contribution in [0.5, 0.6) is 0 Å². The lowest BCUT2D eigenvalue weighted by Crippen LogP contribution is -2.34. The van der Waals surface area contributed by atoms with Gasteiger partial charge in [0.05, 0.1) is 16.6 Å². The minimum absolute atomic E-state index is 0.213. The molecule has 3 aromatic rings. The Hall–Kier alpha value is -3.41. The van der Waals surface area contributed by atoms with Gasteiger partial charge in [0.15, 0.2) is 0 Å². The second kappa shape index (κ2) is 6.84. The first-order valence-electron chi connectivity index (χ1n) is 8.20. The molecule has 0 saturated heterocycles. The smallest absolute Gasteiger partial charge is 0.267 e. The van der Waals surface area contributed by atoms with E-state index in [0.29, 0.717) is 22.2 Å². The van der Waals surface area contributed by atoms with E-state index in [-0.39, 0.29) is 17.4 Å². The van der Waals surface area contributed by atoms with Crippen molar-refractivity contribution in [3.05, 3.63) is 76.1 Å². The lowest BCUT2D eigenvalue weighted by molar-refractivity contribution is -0.116. The fourth-order valence-electron chi connectivity index (χ4n) is 2.72. The number of carbonyl (C=O) groups is 1. The van der Waals surface area contributed by atoms with Gasteiger partial charge in [0.1, 0.15) is 0 Å². The molecule has 2 aromatic carbocycles. The van der Waals surface area contributed by atoms with Crippen LogP contribution < -0.4 is 16.4 Å². The molecule has 0 bridgehead atoms. The Bertz CT molecular complexity index is 1080. The Kier molecular flexibility index (Phi) is 4.58. The van der Waals surface area contributed by atoms with Gasteiger partial charge in [0, 0.05) is 5.57 Å². The predicted molar refractivity (Wildman–Crippen MR) is 103 cm³/mol. The molecule has 0 radical (unpaired) electrons. The molecule has 0 fully saturated rings. The summed E-state index contributed by atoms with van der Waals surface area (Å²) in [7, 11) is 0. The van der Waals surface area contributed by atoms with Gasteiger partial charge in [-0.25, -0.2) is 9.55 Å². The number of amides is 1. The van der Waals surface area contributed by atoms with Crippen molar-refractivity contribution >= 4 is 22.8 Å². The number of hydrazine groups is 1. The molecule has 0 aliphatic heterocycles. The van der Waals surface area contributed by atoms with E-state index in [1.807, 2.05) is 38.1 Å². The summed E-state index contributed by atoms with van der Waals surface area (Å²) in [6, 6.07) is 12.9. The van der Waals surface area contributed by atoms with Crippen LogP contribution in [0, 0.1) is 13.8 Å². The van der Waals surface area contributed by atoms with Crippen LogP contribution in [0.1, 0.15) is 18.1 Å². The first-order chi connectivity index (χ1) is 12.4. The van der Waals surface area contributed by atoms with Crippen molar-refractivity contribution in [2.75, 3.05) is 5.43 Å². The van der Waals surface area contributed by atoms with Gasteiger partial charge < -0.3 is 0 Å². The van der Waals surface area contributed by atoms with Gasteiger partial charge in [-0.05, 0) is 44.5 Å². The maximum atomic E-state index is 13.1. The third kappa shape index (κ3) is 3.21. The Balaban J connectivity index is 2.22. The van der Waals surface area contributed by atoms with Crippen LogP contribution in [0.4, 0.5) is 5.95 Å². The van der Waals surface area contributed by atoms with Gasteiger partial charge in [-0.3, -0.25) is 20.4 Å². The van der Waals surface area contributed by atoms with E-state index in [9.17, 15) is 9.59 Å². The van der Waals surface area contributed by atoms with Crippen molar-refractivity contribution < 1.29 is 4.79 Å². The van der Waals surface area contributed by atoms with Gasteiger partial charge >= 0.3 is 0 Å². The average Bonchev–Trinajstić information content (AvgIpc) is 2.60. The molecule has 26 heavy (non-hydrogen) atoms. The number of fused-ring (bicyclic) bond motifs is 1. The number of rotatable bonds is 4. The van der Waals surface area contributed by atoms with Crippen LogP contribution in [-0.4, -0.2) is 15.5 Å². The molecule has 1 aromatic heterocycles. The van der Waals surface area contributed by atoms with Crippen molar-refractivity contribution in [1.29, 1.82) is 0 Å². The minimum atomic E-state index is -0.375. The van der Waals surface area contributed by atoms with Gasteiger partial charge in [0.2, 0.25) is 5.95 Å². The maximum Gasteiger partial charge on any atom is 0.267 e. The molecule has 3 rings (SSSR count).